The zero-order valence-electron chi connectivity index (χ0n) is 12.3. The second-order valence-corrected chi connectivity index (χ2v) is 6.14. The molecule has 0 unspecified atom stereocenters. The number of anilines is 1. The third-order valence-electron chi connectivity index (χ3n) is 2.13. The molecule has 1 aromatic heterocycles. The first kappa shape index (κ1) is 16.7. The van der Waals surface area contributed by atoms with E-state index in [2.05, 4.69) is 36.5 Å². The highest BCUT2D eigenvalue weighted by Gasteiger charge is 2.15. The predicted molar refractivity (Wildman–Crippen MR) is 81.8 cm³/mol. The third kappa shape index (κ3) is 7.28. The molecular weight excluding hydrogens is 324 g/mol. The van der Waals surface area contributed by atoms with Gasteiger partial charge in [-0.15, -0.1) is 0 Å². The van der Waals surface area contributed by atoms with Crippen LogP contribution in [0.15, 0.2) is 10.7 Å². The normalized spacial score (nSPS) is 11.1. The van der Waals surface area contributed by atoms with Crippen molar-refractivity contribution in [2.24, 2.45) is 0 Å². The number of ether oxygens (including phenoxy) is 1. The molecule has 0 aliphatic rings. The van der Waals surface area contributed by atoms with Crippen LogP contribution in [0.4, 0.5) is 10.6 Å². The highest BCUT2D eigenvalue weighted by atomic mass is 79.9. The van der Waals surface area contributed by atoms with Gasteiger partial charge in [-0.3, -0.25) is 0 Å². The topological polar surface area (TPSA) is 76.1 Å². The molecule has 1 amide bonds. The summed E-state index contributed by atoms with van der Waals surface area (Å²) in [7, 11) is 0. The van der Waals surface area contributed by atoms with Crippen molar-refractivity contribution in [2.45, 2.75) is 39.7 Å². The molecule has 112 valence electrons. The Morgan fingerprint density at radius 3 is 2.65 bits per heavy atom. The molecule has 20 heavy (non-hydrogen) atoms. The van der Waals surface area contributed by atoms with E-state index in [0.717, 1.165) is 16.8 Å². The van der Waals surface area contributed by atoms with Gasteiger partial charge in [-0.25, -0.2) is 14.8 Å². The summed E-state index contributed by atoms with van der Waals surface area (Å²) in [5.74, 6) is 1.47. The van der Waals surface area contributed by atoms with E-state index in [0.29, 0.717) is 18.9 Å². The number of amides is 1. The van der Waals surface area contributed by atoms with Crippen molar-refractivity contribution in [1.82, 2.24) is 15.3 Å². The maximum absolute atomic E-state index is 11.4. The maximum Gasteiger partial charge on any atom is 0.407 e. The molecular formula is C13H21BrN4O2. The van der Waals surface area contributed by atoms with Crippen LogP contribution in [0.2, 0.25) is 0 Å². The minimum absolute atomic E-state index is 0.391. The van der Waals surface area contributed by atoms with Crippen LogP contribution >= 0.6 is 15.9 Å². The number of aromatic nitrogens is 2. The minimum atomic E-state index is -0.465. The molecule has 0 saturated heterocycles. The number of carbonyl (C=O) groups excluding carboxylic acids is 1. The summed E-state index contributed by atoms with van der Waals surface area (Å²) in [6, 6.07) is 1.81. The Hall–Kier alpha value is -1.37. The van der Waals surface area contributed by atoms with Crippen molar-refractivity contribution in [2.75, 3.05) is 18.4 Å². The van der Waals surface area contributed by atoms with Crippen LogP contribution in [0, 0.1) is 6.92 Å². The number of hydrogen-bond acceptors (Lipinski definition) is 5. The van der Waals surface area contributed by atoms with Gasteiger partial charge in [0.2, 0.25) is 0 Å². The molecule has 0 atom stereocenters. The number of halogens is 1. The minimum Gasteiger partial charge on any atom is -0.444 e. The van der Waals surface area contributed by atoms with Gasteiger partial charge in [-0.1, -0.05) is 0 Å². The Bertz CT molecular complexity index is 440. The summed E-state index contributed by atoms with van der Waals surface area (Å²) in [6.07, 6.45) is 0.387. The number of hydrogen-bond donors (Lipinski definition) is 2. The van der Waals surface area contributed by atoms with Crippen LogP contribution in [0.5, 0.6) is 0 Å². The lowest BCUT2D eigenvalue weighted by Crippen LogP contribution is -2.33. The monoisotopic (exact) mass is 344 g/mol. The molecule has 6 nitrogen and oxygen atoms in total. The van der Waals surface area contributed by atoms with Crippen LogP contribution in [0.3, 0.4) is 0 Å². The van der Waals surface area contributed by atoms with E-state index in [1.165, 1.54) is 0 Å². The van der Waals surface area contributed by atoms with Crippen molar-refractivity contribution in [3.63, 3.8) is 0 Å². The predicted octanol–water partition coefficient (Wildman–Crippen LogP) is 2.87. The van der Waals surface area contributed by atoms with Gasteiger partial charge in [0.15, 0.2) is 0 Å². The lowest BCUT2D eigenvalue weighted by molar-refractivity contribution is 0.0528. The fourth-order valence-electron chi connectivity index (χ4n) is 1.43. The smallest absolute Gasteiger partial charge is 0.407 e. The van der Waals surface area contributed by atoms with E-state index in [9.17, 15) is 4.79 Å². The number of carbonyl (C=O) groups is 1. The summed E-state index contributed by atoms with van der Waals surface area (Å²) in [4.78, 5) is 19.8. The number of nitrogens with one attached hydrogen (secondary N) is 2. The molecule has 0 aliphatic carbocycles. The maximum atomic E-state index is 11.4. The number of alkyl carbamates (subject to hydrolysis) is 1. The van der Waals surface area contributed by atoms with E-state index in [1.807, 2.05) is 33.8 Å². The zero-order valence-corrected chi connectivity index (χ0v) is 13.9. The first-order chi connectivity index (χ1) is 9.26. The highest BCUT2D eigenvalue weighted by molar-refractivity contribution is 9.10. The van der Waals surface area contributed by atoms with Gasteiger partial charge >= 0.3 is 6.09 Å². The fourth-order valence-corrected chi connectivity index (χ4v) is 1.90. The molecule has 1 rings (SSSR count). The molecule has 7 heteroatoms. The van der Waals surface area contributed by atoms with Gasteiger partial charge in [0.1, 0.15) is 21.8 Å². The van der Waals surface area contributed by atoms with E-state index in [-0.39, 0.29) is 0 Å². The SMILES string of the molecule is Cc1nc(Br)cc(NCCCNC(=O)OC(C)(C)C)n1. The summed E-state index contributed by atoms with van der Waals surface area (Å²) >= 11 is 3.32. The van der Waals surface area contributed by atoms with Gasteiger partial charge in [-0.2, -0.15) is 0 Å². The Kier molecular flexibility index (Phi) is 6.19. The Morgan fingerprint density at radius 2 is 2.05 bits per heavy atom. The fraction of sp³-hybridized carbons (Fsp3) is 0.615. The van der Waals surface area contributed by atoms with Gasteiger partial charge in [0.05, 0.1) is 0 Å². The van der Waals surface area contributed by atoms with E-state index >= 15 is 0 Å². The average Bonchev–Trinajstić information content (AvgIpc) is 2.24. The van der Waals surface area contributed by atoms with Crippen LogP contribution in [0.1, 0.15) is 33.0 Å². The molecule has 1 aromatic rings. The highest BCUT2D eigenvalue weighted by Crippen LogP contribution is 2.11. The summed E-state index contributed by atoms with van der Waals surface area (Å²) in [5, 5.41) is 5.88. The molecule has 2 N–H and O–H groups in total. The van der Waals surface area contributed by atoms with Crippen LogP contribution in [-0.2, 0) is 4.74 Å². The Morgan fingerprint density at radius 1 is 1.35 bits per heavy atom. The number of rotatable bonds is 5. The average molecular weight is 345 g/mol. The summed E-state index contributed by atoms with van der Waals surface area (Å²) in [6.45, 7) is 8.60. The van der Waals surface area contributed by atoms with E-state index in [4.69, 9.17) is 4.74 Å². The van der Waals surface area contributed by atoms with Gasteiger partial charge in [0.25, 0.3) is 0 Å². The molecule has 0 saturated carbocycles. The van der Waals surface area contributed by atoms with Crippen molar-refractivity contribution < 1.29 is 9.53 Å². The standard InChI is InChI=1S/C13H21BrN4O2/c1-9-17-10(14)8-11(18-9)15-6-5-7-16-12(19)20-13(2,3)4/h8H,5-7H2,1-4H3,(H,16,19)(H,15,17,18). The summed E-state index contributed by atoms with van der Waals surface area (Å²) < 4.78 is 5.89. The Labute approximate surface area is 127 Å². The first-order valence-electron chi connectivity index (χ1n) is 6.48. The molecule has 0 radical (unpaired) electrons. The summed E-state index contributed by atoms with van der Waals surface area (Å²) in [5.41, 5.74) is -0.465. The quantitative estimate of drug-likeness (QED) is 0.634. The van der Waals surface area contributed by atoms with Crippen molar-refractivity contribution in [1.29, 1.82) is 0 Å². The molecule has 0 bridgehead atoms. The van der Waals surface area contributed by atoms with E-state index in [1.54, 1.807) is 0 Å². The van der Waals surface area contributed by atoms with Gasteiger partial charge in [-0.05, 0) is 50.0 Å². The molecule has 0 spiro atoms. The second kappa shape index (κ2) is 7.42. The largest absolute Gasteiger partial charge is 0.444 e. The molecule has 0 fully saturated rings. The van der Waals surface area contributed by atoms with Gasteiger partial charge in [0, 0.05) is 19.2 Å². The number of nitrogens with zero attached hydrogens (tertiary/aromatic N) is 2. The van der Waals surface area contributed by atoms with Crippen LogP contribution in [-0.4, -0.2) is 34.8 Å². The number of aryl methyl sites for hydroxylation is 1. The third-order valence-corrected chi connectivity index (χ3v) is 2.54. The van der Waals surface area contributed by atoms with Crippen molar-refractivity contribution in [3.05, 3.63) is 16.5 Å². The Balaban J connectivity index is 2.20. The van der Waals surface area contributed by atoms with Crippen molar-refractivity contribution >= 4 is 27.8 Å². The lowest BCUT2D eigenvalue weighted by atomic mass is 10.2. The van der Waals surface area contributed by atoms with Crippen molar-refractivity contribution in [3.8, 4) is 0 Å². The first-order valence-corrected chi connectivity index (χ1v) is 7.27. The van der Waals surface area contributed by atoms with Crippen LogP contribution < -0.4 is 10.6 Å². The van der Waals surface area contributed by atoms with Crippen LogP contribution in [0.25, 0.3) is 0 Å². The van der Waals surface area contributed by atoms with E-state index < -0.39 is 11.7 Å². The molecule has 0 aliphatic heterocycles. The molecule has 0 aromatic carbocycles. The second-order valence-electron chi connectivity index (χ2n) is 5.33. The molecule has 1 heterocycles. The lowest BCUT2D eigenvalue weighted by Gasteiger charge is -2.19. The van der Waals surface area contributed by atoms with Gasteiger partial charge < -0.3 is 15.4 Å². The zero-order chi connectivity index (χ0) is 15.2.